The summed E-state index contributed by atoms with van der Waals surface area (Å²) >= 11 is 0. The van der Waals surface area contributed by atoms with Gasteiger partial charge in [-0.15, -0.1) is 12.8 Å². The lowest BCUT2D eigenvalue weighted by Crippen LogP contribution is -2.27. The standard InChI is InChI=1S/C6H11NO.C6H12.C2H6.C2H2/c8-6-7-4-2-1-3-5-7;1-5-3-6(2)4-5;2*1-2/h6H,1-5H2;5-6H,3-4H2,1-2H3;1-2H3;1-2H. The lowest BCUT2D eigenvalue weighted by atomic mass is 9.78. The van der Waals surface area contributed by atoms with Crippen LogP contribution >= 0.6 is 0 Å². The fraction of sp³-hybridized carbons (Fsp3) is 0.812. The molecule has 1 amide bonds. The molecule has 0 aromatic rings. The zero-order valence-corrected chi connectivity index (χ0v) is 12.7. The van der Waals surface area contributed by atoms with Gasteiger partial charge in [0.25, 0.3) is 0 Å². The number of terminal acetylenes is 1. The van der Waals surface area contributed by atoms with E-state index in [1.807, 2.05) is 18.7 Å². The second-order valence-corrected chi connectivity index (χ2v) is 4.88. The molecule has 106 valence electrons. The monoisotopic (exact) mass is 253 g/mol. The zero-order valence-electron chi connectivity index (χ0n) is 12.7. The Hall–Kier alpha value is -0.970. The third-order valence-electron chi connectivity index (χ3n) is 3.15. The van der Waals surface area contributed by atoms with Crippen LogP contribution in [0.15, 0.2) is 0 Å². The number of nitrogens with zero attached hydrogens (tertiary/aromatic N) is 1. The molecule has 1 aliphatic carbocycles. The average molecular weight is 253 g/mol. The van der Waals surface area contributed by atoms with Crippen molar-refractivity contribution >= 4 is 6.41 Å². The molecule has 2 heteroatoms. The van der Waals surface area contributed by atoms with Gasteiger partial charge in [-0.25, -0.2) is 0 Å². The number of carbonyl (C=O) groups is 1. The summed E-state index contributed by atoms with van der Waals surface area (Å²) in [6, 6.07) is 0. The Bertz CT molecular complexity index is 183. The molecule has 0 N–H and O–H groups in total. The number of hydrogen-bond donors (Lipinski definition) is 0. The van der Waals surface area contributed by atoms with Gasteiger partial charge in [0, 0.05) is 13.1 Å². The third kappa shape index (κ3) is 10.2. The molecule has 1 saturated carbocycles. The minimum Gasteiger partial charge on any atom is -0.345 e. The summed E-state index contributed by atoms with van der Waals surface area (Å²) in [6.07, 6.45) is 15.6. The van der Waals surface area contributed by atoms with E-state index in [9.17, 15) is 4.79 Å². The molecule has 1 heterocycles. The zero-order chi connectivity index (χ0) is 14.4. The smallest absolute Gasteiger partial charge is 0.209 e. The van der Waals surface area contributed by atoms with Crippen LogP contribution in [-0.4, -0.2) is 24.4 Å². The molecule has 0 aromatic carbocycles. The first-order chi connectivity index (χ1) is 8.72. The number of hydrogen-bond acceptors (Lipinski definition) is 1. The van der Waals surface area contributed by atoms with Crippen LogP contribution < -0.4 is 0 Å². The van der Waals surface area contributed by atoms with Gasteiger partial charge in [0.2, 0.25) is 6.41 Å². The minimum atomic E-state index is 0.944. The summed E-state index contributed by atoms with van der Waals surface area (Å²) in [5.74, 6) is 2.08. The molecule has 0 spiro atoms. The van der Waals surface area contributed by atoms with E-state index in [1.165, 1.54) is 32.1 Å². The molecule has 1 aliphatic heterocycles. The van der Waals surface area contributed by atoms with Gasteiger partial charge >= 0.3 is 0 Å². The highest BCUT2D eigenvalue weighted by Crippen LogP contribution is 2.31. The molecule has 0 aromatic heterocycles. The minimum absolute atomic E-state index is 0.944. The average Bonchev–Trinajstić information content (AvgIpc) is 2.44. The third-order valence-corrected chi connectivity index (χ3v) is 3.15. The SMILES string of the molecule is C#C.CC.CC1CC(C)C1.O=CN1CCCCC1. The summed E-state index contributed by atoms with van der Waals surface area (Å²) in [6.45, 7) is 10.6. The normalized spacial score (nSPS) is 24.7. The Balaban J connectivity index is 0. The summed E-state index contributed by atoms with van der Waals surface area (Å²) in [5.41, 5.74) is 0. The molecular formula is C16H31NO. The van der Waals surface area contributed by atoms with Crippen molar-refractivity contribution in [1.82, 2.24) is 4.90 Å². The molecule has 18 heavy (non-hydrogen) atoms. The Labute approximate surface area is 114 Å². The Morgan fingerprint density at radius 2 is 1.33 bits per heavy atom. The molecule has 2 nitrogen and oxygen atoms in total. The lowest BCUT2D eigenvalue weighted by molar-refractivity contribution is -0.118. The van der Waals surface area contributed by atoms with Crippen LogP contribution in [0.2, 0.25) is 0 Å². The maximum Gasteiger partial charge on any atom is 0.209 e. The molecule has 2 fully saturated rings. The summed E-state index contributed by atoms with van der Waals surface area (Å²) < 4.78 is 0. The van der Waals surface area contributed by atoms with Crippen molar-refractivity contribution in [2.24, 2.45) is 11.8 Å². The van der Waals surface area contributed by atoms with E-state index in [2.05, 4.69) is 26.7 Å². The van der Waals surface area contributed by atoms with Gasteiger partial charge in [0.15, 0.2) is 0 Å². The second-order valence-electron chi connectivity index (χ2n) is 4.88. The largest absolute Gasteiger partial charge is 0.345 e. The number of amides is 1. The van der Waals surface area contributed by atoms with Crippen molar-refractivity contribution in [2.45, 2.75) is 59.8 Å². The van der Waals surface area contributed by atoms with E-state index in [0.717, 1.165) is 31.3 Å². The van der Waals surface area contributed by atoms with Gasteiger partial charge < -0.3 is 4.90 Å². The summed E-state index contributed by atoms with van der Waals surface area (Å²) in [7, 11) is 0. The predicted molar refractivity (Wildman–Crippen MR) is 80.3 cm³/mol. The Kier molecular flexibility index (Phi) is 15.2. The van der Waals surface area contributed by atoms with E-state index in [4.69, 9.17) is 0 Å². The van der Waals surface area contributed by atoms with Gasteiger partial charge in [-0.05, 0) is 43.9 Å². The van der Waals surface area contributed by atoms with Crippen LogP contribution in [0.5, 0.6) is 0 Å². The van der Waals surface area contributed by atoms with Crippen LogP contribution in [-0.2, 0) is 4.79 Å². The summed E-state index contributed by atoms with van der Waals surface area (Å²) in [5, 5.41) is 0. The van der Waals surface area contributed by atoms with E-state index < -0.39 is 0 Å². The first kappa shape index (κ1) is 19.4. The first-order valence-corrected chi connectivity index (χ1v) is 7.25. The lowest BCUT2D eigenvalue weighted by Gasteiger charge is -2.28. The fourth-order valence-corrected chi connectivity index (χ4v) is 2.33. The van der Waals surface area contributed by atoms with E-state index in [-0.39, 0.29) is 0 Å². The molecule has 1 saturated heterocycles. The van der Waals surface area contributed by atoms with Crippen molar-refractivity contribution in [3.8, 4) is 12.8 Å². The van der Waals surface area contributed by atoms with Crippen molar-refractivity contribution in [3.63, 3.8) is 0 Å². The van der Waals surface area contributed by atoms with E-state index in [0.29, 0.717) is 0 Å². The fourth-order valence-electron chi connectivity index (χ4n) is 2.33. The molecule has 0 bridgehead atoms. The number of carbonyl (C=O) groups excluding carboxylic acids is 1. The molecule has 0 radical (unpaired) electrons. The van der Waals surface area contributed by atoms with Crippen LogP contribution in [0.1, 0.15) is 59.8 Å². The number of rotatable bonds is 1. The van der Waals surface area contributed by atoms with Gasteiger partial charge in [0.1, 0.15) is 0 Å². The Morgan fingerprint density at radius 1 is 0.944 bits per heavy atom. The van der Waals surface area contributed by atoms with E-state index in [1.54, 1.807) is 0 Å². The maximum atomic E-state index is 10.1. The van der Waals surface area contributed by atoms with Gasteiger partial charge in [-0.2, -0.15) is 0 Å². The second kappa shape index (κ2) is 14.1. The highest BCUT2D eigenvalue weighted by atomic mass is 16.1. The highest BCUT2D eigenvalue weighted by molar-refractivity contribution is 5.46. The summed E-state index contributed by atoms with van der Waals surface area (Å²) in [4.78, 5) is 11.9. The number of piperidine rings is 1. The van der Waals surface area contributed by atoms with E-state index >= 15 is 0 Å². The van der Waals surface area contributed by atoms with Crippen molar-refractivity contribution < 1.29 is 4.79 Å². The highest BCUT2D eigenvalue weighted by Gasteiger charge is 2.19. The number of likely N-dealkylation sites (tertiary alicyclic amines) is 1. The van der Waals surface area contributed by atoms with Crippen molar-refractivity contribution in [1.29, 1.82) is 0 Å². The van der Waals surface area contributed by atoms with Crippen molar-refractivity contribution in [2.75, 3.05) is 13.1 Å². The topological polar surface area (TPSA) is 20.3 Å². The van der Waals surface area contributed by atoms with Crippen molar-refractivity contribution in [3.05, 3.63) is 0 Å². The molecule has 2 aliphatic rings. The Morgan fingerprint density at radius 3 is 1.50 bits per heavy atom. The van der Waals surface area contributed by atoms with Gasteiger partial charge in [-0.3, -0.25) is 4.79 Å². The molecule has 2 rings (SSSR count). The maximum absolute atomic E-state index is 10.1. The van der Waals surface area contributed by atoms with Gasteiger partial charge in [0.05, 0.1) is 0 Å². The van der Waals surface area contributed by atoms with Crippen LogP contribution in [0.4, 0.5) is 0 Å². The molecular weight excluding hydrogens is 222 g/mol. The molecule has 0 atom stereocenters. The molecule has 0 unspecified atom stereocenters. The quantitative estimate of drug-likeness (QED) is 0.512. The predicted octanol–water partition coefficient (Wildman–Crippen LogP) is 3.96. The van der Waals surface area contributed by atoms with Crippen LogP contribution in [0.25, 0.3) is 0 Å². The van der Waals surface area contributed by atoms with Crippen LogP contribution in [0, 0.1) is 24.7 Å². The van der Waals surface area contributed by atoms with Crippen LogP contribution in [0.3, 0.4) is 0 Å². The van der Waals surface area contributed by atoms with Gasteiger partial charge in [-0.1, -0.05) is 27.7 Å². The first-order valence-electron chi connectivity index (χ1n) is 7.25.